The molecule has 1 aliphatic rings. The van der Waals surface area contributed by atoms with Gasteiger partial charge in [-0.05, 0) is 12.1 Å². The fraction of sp³-hybridized carbons (Fsp3) is 0.500. The van der Waals surface area contributed by atoms with Gasteiger partial charge in [-0.1, -0.05) is 0 Å². The predicted molar refractivity (Wildman–Crippen MR) is 69.0 cm³/mol. The number of benzene rings is 1. The summed E-state index contributed by atoms with van der Waals surface area (Å²) >= 11 is 0. The number of rotatable bonds is 4. The van der Waals surface area contributed by atoms with Crippen LogP contribution in [0.1, 0.15) is 0 Å². The largest absolute Gasteiger partial charge is 0.383 e. The molecule has 18 heavy (non-hydrogen) atoms. The highest BCUT2D eigenvalue weighted by Gasteiger charge is 2.22. The van der Waals surface area contributed by atoms with Crippen molar-refractivity contribution >= 4 is 11.4 Å². The molecule has 0 amide bonds. The van der Waals surface area contributed by atoms with Gasteiger partial charge in [0.15, 0.2) is 0 Å². The number of nitrogens with zero attached hydrogens (tertiary/aromatic N) is 2. The van der Waals surface area contributed by atoms with E-state index in [1.54, 1.807) is 31.4 Å². The van der Waals surface area contributed by atoms with Gasteiger partial charge in [0.25, 0.3) is 5.69 Å². The van der Waals surface area contributed by atoms with Gasteiger partial charge in [0.1, 0.15) is 0 Å². The van der Waals surface area contributed by atoms with Gasteiger partial charge < -0.3 is 15.0 Å². The van der Waals surface area contributed by atoms with Gasteiger partial charge in [0.2, 0.25) is 0 Å². The van der Waals surface area contributed by atoms with Gasteiger partial charge in [-0.3, -0.25) is 10.1 Å². The van der Waals surface area contributed by atoms with Gasteiger partial charge in [-0.15, -0.1) is 0 Å². The molecule has 6 nitrogen and oxygen atoms in total. The molecule has 0 aliphatic carbocycles. The van der Waals surface area contributed by atoms with Crippen LogP contribution in [-0.4, -0.2) is 44.3 Å². The fourth-order valence-electron chi connectivity index (χ4n) is 2.21. The molecule has 6 heteroatoms. The van der Waals surface area contributed by atoms with Crippen LogP contribution in [0.3, 0.4) is 0 Å². The Balaban J connectivity index is 2.15. The second-order valence-corrected chi connectivity index (χ2v) is 4.28. The number of hydrogen-bond donors (Lipinski definition) is 1. The molecule has 0 spiro atoms. The Hall–Kier alpha value is -1.66. The summed E-state index contributed by atoms with van der Waals surface area (Å²) in [5.41, 5.74) is 1.13. The van der Waals surface area contributed by atoms with Gasteiger partial charge in [0.05, 0.1) is 17.6 Å². The Bertz CT molecular complexity index is 406. The third kappa shape index (κ3) is 2.77. The van der Waals surface area contributed by atoms with Crippen molar-refractivity contribution in [3.8, 4) is 0 Å². The maximum atomic E-state index is 10.6. The number of ether oxygens (including phenoxy) is 1. The molecule has 1 heterocycles. The molecular weight excluding hydrogens is 234 g/mol. The predicted octanol–water partition coefficient (Wildman–Crippen LogP) is 1.02. The Kier molecular flexibility index (Phi) is 4.11. The lowest BCUT2D eigenvalue weighted by atomic mass is 10.1. The van der Waals surface area contributed by atoms with Gasteiger partial charge >= 0.3 is 0 Å². The van der Waals surface area contributed by atoms with Crippen LogP contribution < -0.4 is 10.2 Å². The van der Waals surface area contributed by atoms with Crippen molar-refractivity contribution in [2.45, 2.75) is 6.04 Å². The minimum Gasteiger partial charge on any atom is -0.383 e. The number of piperazine rings is 1. The molecule has 2 rings (SSSR count). The second-order valence-electron chi connectivity index (χ2n) is 4.28. The maximum Gasteiger partial charge on any atom is 0.269 e. The number of hydrogen-bond acceptors (Lipinski definition) is 5. The van der Waals surface area contributed by atoms with Gasteiger partial charge in [0, 0.05) is 44.6 Å². The summed E-state index contributed by atoms with van der Waals surface area (Å²) in [6.45, 7) is 3.30. The molecule has 1 saturated heterocycles. The summed E-state index contributed by atoms with van der Waals surface area (Å²) in [6.07, 6.45) is 0. The van der Waals surface area contributed by atoms with E-state index in [1.165, 1.54) is 0 Å². The molecule has 0 bridgehead atoms. The maximum absolute atomic E-state index is 10.6. The third-order valence-corrected chi connectivity index (χ3v) is 3.10. The van der Waals surface area contributed by atoms with Crippen molar-refractivity contribution in [3.05, 3.63) is 34.4 Å². The molecule has 1 aliphatic heterocycles. The minimum absolute atomic E-state index is 0.122. The second kappa shape index (κ2) is 5.79. The summed E-state index contributed by atoms with van der Waals surface area (Å²) in [5, 5.41) is 13.9. The average molecular weight is 251 g/mol. The Morgan fingerprint density at radius 2 is 2.22 bits per heavy atom. The lowest BCUT2D eigenvalue weighted by molar-refractivity contribution is -0.384. The van der Waals surface area contributed by atoms with Crippen LogP contribution in [0.2, 0.25) is 0 Å². The summed E-state index contributed by atoms with van der Waals surface area (Å²) in [6, 6.07) is 6.95. The van der Waals surface area contributed by atoms with Crippen LogP contribution >= 0.6 is 0 Å². The first-order chi connectivity index (χ1) is 8.72. The zero-order valence-electron chi connectivity index (χ0n) is 10.3. The van der Waals surface area contributed by atoms with Crippen molar-refractivity contribution in [1.82, 2.24) is 5.32 Å². The van der Waals surface area contributed by atoms with Crippen LogP contribution in [0, 0.1) is 10.1 Å². The first-order valence-corrected chi connectivity index (χ1v) is 5.93. The average Bonchev–Trinajstić information content (AvgIpc) is 2.40. The Labute approximate surface area is 106 Å². The van der Waals surface area contributed by atoms with E-state index in [0.29, 0.717) is 6.61 Å². The highest BCUT2D eigenvalue weighted by atomic mass is 16.6. The molecule has 0 radical (unpaired) electrons. The summed E-state index contributed by atoms with van der Waals surface area (Å²) in [7, 11) is 1.68. The van der Waals surface area contributed by atoms with Crippen molar-refractivity contribution in [1.29, 1.82) is 0 Å². The zero-order valence-corrected chi connectivity index (χ0v) is 10.3. The van der Waals surface area contributed by atoms with Gasteiger partial charge in [-0.2, -0.15) is 0 Å². The van der Waals surface area contributed by atoms with Crippen molar-refractivity contribution in [2.24, 2.45) is 0 Å². The molecular formula is C12H17N3O3. The lowest BCUT2D eigenvalue weighted by Crippen LogP contribution is -2.53. The third-order valence-electron chi connectivity index (χ3n) is 3.10. The Morgan fingerprint density at radius 1 is 1.50 bits per heavy atom. The zero-order chi connectivity index (χ0) is 13.0. The van der Waals surface area contributed by atoms with Crippen molar-refractivity contribution in [2.75, 3.05) is 38.3 Å². The van der Waals surface area contributed by atoms with Crippen molar-refractivity contribution < 1.29 is 9.66 Å². The highest BCUT2D eigenvalue weighted by Crippen LogP contribution is 2.22. The van der Waals surface area contributed by atoms with Crippen LogP contribution in [0.5, 0.6) is 0 Å². The van der Waals surface area contributed by atoms with E-state index in [1.807, 2.05) is 0 Å². The number of non-ortho nitro benzene ring substituents is 1. The van der Waals surface area contributed by atoms with E-state index in [2.05, 4.69) is 10.2 Å². The summed E-state index contributed by atoms with van der Waals surface area (Å²) in [4.78, 5) is 12.5. The molecule has 1 N–H and O–H groups in total. The highest BCUT2D eigenvalue weighted by molar-refractivity contribution is 5.52. The van der Waals surface area contributed by atoms with E-state index in [9.17, 15) is 10.1 Å². The molecule has 1 fully saturated rings. The van der Waals surface area contributed by atoms with E-state index < -0.39 is 0 Å². The summed E-state index contributed by atoms with van der Waals surface area (Å²) in [5.74, 6) is 0. The van der Waals surface area contributed by atoms with Crippen LogP contribution in [0.4, 0.5) is 11.4 Å². The number of methoxy groups -OCH3 is 1. The SMILES string of the molecule is COCC1CNCCN1c1ccc([N+](=O)[O-])cc1. The quantitative estimate of drug-likeness (QED) is 0.639. The van der Waals surface area contributed by atoms with Gasteiger partial charge in [-0.25, -0.2) is 0 Å². The molecule has 1 atom stereocenters. The Morgan fingerprint density at radius 3 is 2.83 bits per heavy atom. The lowest BCUT2D eigenvalue weighted by Gasteiger charge is -2.37. The van der Waals surface area contributed by atoms with E-state index in [4.69, 9.17) is 4.74 Å². The molecule has 98 valence electrons. The van der Waals surface area contributed by atoms with E-state index in [-0.39, 0.29) is 16.7 Å². The monoisotopic (exact) mass is 251 g/mol. The first kappa shape index (κ1) is 12.8. The topological polar surface area (TPSA) is 67.6 Å². The first-order valence-electron chi connectivity index (χ1n) is 5.93. The molecule has 1 aromatic carbocycles. The standard InChI is InChI=1S/C12H17N3O3/c1-18-9-12-8-13-6-7-14(12)10-2-4-11(5-3-10)15(16)17/h2-5,12-13H,6-9H2,1H3. The molecule has 1 aromatic rings. The van der Waals surface area contributed by atoms with E-state index in [0.717, 1.165) is 25.3 Å². The number of nitro benzene ring substituents is 1. The molecule has 0 aromatic heterocycles. The number of nitro groups is 1. The summed E-state index contributed by atoms with van der Waals surface area (Å²) < 4.78 is 5.21. The number of nitrogens with one attached hydrogen (secondary N) is 1. The van der Waals surface area contributed by atoms with Crippen LogP contribution in [0.15, 0.2) is 24.3 Å². The number of anilines is 1. The normalized spacial score (nSPS) is 19.8. The van der Waals surface area contributed by atoms with Crippen LogP contribution in [-0.2, 0) is 4.74 Å². The minimum atomic E-state index is -0.381. The smallest absolute Gasteiger partial charge is 0.269 e. The fourth-order valence-corrected chi connectivity index (χ4v) is 2.21. The molecule has 0 saturated carbocycles. The van der Waals surface area contributed by atoms with E-state index >= 15 is 0 Å². The van der Waals surface area contributed by atoms with Crippen molar-refractivity contribution in [3.63, 3.8) is 0 Å². The van der Waals surface area contributed by atoms with Crippen LogP contribution in [0.25, 0.3) is 0 Å². The molecule has 1 unspecified atom stereocenters.